The summed E-state index contributed by atoms with van der Waals surface area (Å²) in [6.45, 7) is 2.16. The molecule has 2 heterocycles. The van der Waals surface area contributed by atoms with Crippen LogP contribution in [0.5, 0.6) is 0 Å². The van der Waals surface area contributed by atoms with Crippen LogP contribution in [0.25, 0.3) is 10.2 Å². The normalized spacial score (nSPS) is 13.1. The van der Waals surface area contributed by atoms with Crippen LogP contribution in [-0.4, -0.2) is 51.0 Å². The Labute approximate surface area is 170 Å². The lowest BCUT2D eigenvalue weighted by atomic mass is 10.00. The number of hydrogen-bond acceptors (Lipinski definition) is 6. The summed E-state index contributed by atoms with van der Waals surface area (Å²) in [6.07, 6.45) is 1.00. The lowest BCUT2D eigenvalue weighted by Crippen LogP contribution is -2.37. The summed E-state index contributed by atoms with van der Waals surface area (Å²) < 4.78 is 1.09. The molecule has 1 aromatic heterocycles. The molecule has 1 amide bonds. The fourth-order valence-electron chi connectivity index (χ4n) is 2.98. The number of anilines is 1. The SMILES string of the molecule is O=C(CN1CCc2ccccc2C1)Nc1nc2ccccc2s1.O=C(O)C(=O)O. The number of aliphatic carboxylic acids is 2. The van der Waals surface area contributed by atoms with E-state index in [0.29, 0.717) is 11.7 Å². The highest BCUT2D eigenvalue weighted by Gasteiger charge is 2.18. The molecule has 8 nitrogen and oxygen atoms in total. The molecule has 0 aliphatic carbocycles. The van der Waals surface area contributed by atoms with E-state index in [-0.39, 0.29) is 5.91 Å². The average Bonchev–Trinajstić information content (AvgIpc) is 3.10. The second kappa shape index (κ2) is 9.26. The van der Waals surface area contributed by atoms with Crippen molar-refractivity contribution >= 4 is 44.5 Å². The van der Waals surface area contributed by atoms with Crippen LogP contribution in [0.15, 0.2) is 48.5 Å². The molecule has 150 valence electrons. The summed E-state index contributed by atoms with van der Waals surface area (Å²) in [7, 11) is 0. The van der Waals surface area contributed by atoms with Crippen LogP contribution in [0.4, 0.5) is 5.13 Å². The number of nitrogens with one attached hydrogen (secondary N) is 1. The van der Waals surface area contributed by atoms with Crippen LogP contribution in [0.2, 0.25) is 0 Å². The van der Waals surface area contributed by atoms with Crippen LogP contribution in [0, 0.1) is 0 Å². The van der Waals surface area contributed by atoms with Crippen molar-refractivity contribution in [3.8, 4) is 0 Å². The van der Waals surface area contributed by atoms with Crippen LogP contribution < -0.4 is 5.32 Å². The van der Waals surface area contributed by atoms with E-state index in [0.717, 1.165) is 29.7 Å². The van der Waals surface area contributed by atoms with Gasteiger partial charge < -0.3 is 15.5 Å². The summed E-state index contributed by atoms with van der Waals surface area (Å²) in [5.74, 6) is -3.64. The number of rotatable bonds is 3. The lowest BCUT2D eigenvalue weighted by molar-refractivity contribution is -0.159. The number of thiazole rings is 1. The Balaban J connectivity index is 0.000000353. The third-order valence-electron chi connectivity index (χ3n) is 4.30. The Morgan fingerprint density at radius 2 is 1.66 bits per heavy atom. The first-order valence-corrected chi connectivity index (χ1v) is 9.65. The van der Waals surface area contributed by atoms with Gasteiger partial charge in [0, 0.05) is 13.1 Å². The Hall–Kier alpha value is -3.30. The van der Waals surface area contributed by atoms with E-state index in [9.17, 15) is 4.79 Å². The van der Waals surface area contributed by atoms with Gasteiger partial charge in [-0.3, -0.25) is 9.69 Å². The number of hydrogen-bond donors (Lipinski definition) is 3. The molecule has 4 rings (SSSR count). The van der Waals surface area contributed by atoms with Gasteiger partial charge in [0.1, 0.15) is 0 Å². The van der Waals surface area contributed by atoms with Crippen molar-refractivity contribution in [2.24, 2.45) is 0 Å². The van der Waals surface area contributed by atoms with Crippen molar-refractivity contribution in [1.29, 1.82) is 0 Å². The van der Waals surface area contributed by atoms with Gasteiger partial charge >= 0.3 is 11.9 Å². The van der Waals surface area contributed by atoms with Gasteiger partial charge in [0.25, 0.3) is 0 Å². The number of carbonyl (C=O) groups excluding carboxylic acids is 1. The maximum Gasteiger partial charge on any atom is 0.414 e. The number of fused-ring (bicyclic) bond motifs is 2. The quantitative estimate of drug-likeness (QED) is 0.564. The molecule has 0 atom stereocenters. The van der Waals surface area contributed by atoms with Crippen LogP contribution in [0.3, 0.4) is 0 Å². The van der Waals surface area contributed by atoms with Gasteiger partial charge in [0.15, 0.2) is 5.13 Å². The van der Waals surface area contributed by atoms with Crippen molar-refractivity contribution in [2.45, 2.75) is 13.0 Å². The standard InChI is InChI=1S/C18H17N3OS.C2H2O4/c22-17(20-18-19-15-7-3-4-8-16(15)23-18)12-21-10-9-13-5-1-2-6-14(13)11-21;3-1(4)2(5)6/h1-8H,9-12H2,(H,19,20,22);(H,3,4)(H,5,6). The largest absolute Gasteiger partial charge is 0.473 e. The minimum absolute atomic E-state index is 0.00318. The third kappa shape index (κ3) is 5.59. The number of benzene rings is 2. The minimum Gasteiger partial charge on any atom is -0.473 e. The molecule has 29 heavy (non-hydrogen) atoms. The molecule has 9 heteroatoms. The third-order valence-corrected chi connectivity index (χ3v) is 5.25. The van der Waals surface area contributed by atoms with E-state index in [1.54, 1.807) is 0 Å². The molecule has 3 N–H and O–H groups in total. The predicted octanol–water partition coefficient (Wildman–Crippen LogP) is 2.45. The Kier molecular flexibility index (Phi) is 6.53. The second-order valence-electron chi connectivity index (χ2n) is 6.37. The van der Waals surface area contributed by atoms with Gasteiger partial charge in [-0.2, -0.15) is 0 Å². The second-order valence-corrected chi connectivity index (χ2v) is 7.41. The first-order chi connectivity index (χ1) is 13.9. The van der Waals surface area contributed by atoms with Crippen molar-refractivity contribution < 1.29 is 24.6 Å². The zero-order valence-corrected chi connectivity index (χ0v) is 16.2. The zero-order chi connectivity index (χ0) is 20.8. The monoisotopic (exact) mass is 413 g/mol. The number of amides is 1. The van der Waals surface area contributed by atoms with Gasteiger partial charge in [-0.15, -0.1) is 0 Å². The molecular formula is C20H19N3O5S. The van der Waals surface area contributed by atoms with E-state index < -0.39 is 11.9 Å². The molecule has 2 aromatic carbocycles. The van der Waals surface area contributed by atoms with Crippen molar-refractivity contribution in [3.63, 3.8) is 0 Å². The number of carbonyl (C=O) groups is 3. The van der Waals surface area contributed by atoms with Crippen molar-refractivity contribution in [3.05, 3.63) is 59.7 Å². The lowest BCUT2D eigenvalue weighted by Gasteiger charge is -2.27. The van der Waals surface area contributed by atoms with Crippen LogP contribution in [-0.2, 0) is 27.3 Å². The highest BCUT2D eigenvalue weighted by molar-refractivity contribution is 7.22. The summed E-state index contributed by atoms with van der Waals surface area (Å²) >= 11 is 1.51. The topological polar surface area (TPSA) is 120 Å². The molecule has 0 saturated heterocycles. The zero-order valence-electron chi connectivity index (χ0n) is 15.4. The fraction of sp³-hybridized carbons (Fsp3) is 0.200. The van der Waals surface area contributed by atoms with Gasteiger partial charge in [0.05, 0.1) is 16.8 Å². The molecule has 0 radical (unpaired) electrons. The number of carboxylic acids is 2. The average molecular weight is 413 g/mol. The first kappa shape index (κ1) is 20.4. The summed E-state index contributed by atoms with van der Waals surface area (Å²) in [6, 6.07) is 16.4. The minimum atomic E-state index is -1.82. The smallest absolute Gasteiger partial charge is 0.414 e. The fourth-order valence-corrected chi connectivity index (χ4v) is 3.86. The molecule has 0 fully saturated rings. The Morgan fingerprint density at radius 1 is 1.00 bits per heavy atom. The number of para-hydroxylation sites is 1. The molecule has 0 unspecified atom stereocenters. The van der Waals surface area contributed by atoms with Crippen LogP contribution >= 0.6 is 11.3 Å². The van der Waals surface area contributed by atoms with Crippen molar-refractivity contribution in [1.82, 2.24) is 9.88 Å². The molecule has 0 spiro atoms. The number of nitrogens with zero attached hydrogens (tertiary/aromatic N) is 2. The van der Waals surface area contributed by atoms with E-state index in [1.807, 2.05) is 24.3 Å². The molecule has 3 aromatic rings. The summed E-state index contributed by atoms with van der Waals surface area (Å²) in [5.41, 5.74) is 3.65. The van der Waals surface area contributed by atoms with Gasteiger partial charge in [-0.25, -0.2) is 14.6 Å². The molecule has 0 saturated carbocycles. The molecular weight excluding hydrogens is 394 g/mol. The first-order valence-electron chi connectivity index (χ1n) is 8.83. The van der Waals surface area contributed by atoms with Gasteiger partial charge in [-0.1, -0.05) is 47.7 Å². The predicted molar refractivity (Wildman–Crippen MR) is 109 cm³/mol. The van der Waals surface area contributed by atoms with E-state index in [1.165, 1.54) is 22.5 Å². The summed E-state index contributed by atoms with van der Waals surface area (Å²) in [5, 5.41) is 18.4. The highest BCUT2D eigenvalue weighted by atomic mass is 32.1. The molecule has 1 aliphatic rings. The Bertz CT molecular complexity index is 1000. The van der Waals surface area contributed by atoms with E-state index >= 15 is 0 Å². The number of carboxylic acid groups (broad SMARTS) is 2. The maximum atomic E-state index is 12.3. The van der Waals surface area contributed by atoms with E-state index in [2.05, 4.69) is 39.5 Å². The van der Waals surface area contributed by atoms with Crippen LogP contribution in [0.1, 0.15) is 11.1 Å². The highest BCUT2D eigenvalue weighted by Crippen LogP contribution is 2.25. The maximum absolute atomic E-state index is 12.3. The Morgan fingerprint density at radius 3 is 2.34 bits per heavy atom. The molecule has 1 aliphatic heterocycles. The van der Waals surface area contributed by atoms with Gasteiger partial charge in [0.2, 0.25) is 5.91 Å². The van der Waals surface area contributed by atoms with Crippen molar-refractivity contribution in [2.75, 3.05) is 18.4 Å². The molecule has 0 bridgehead atoms. The van der Waals surface area contributed by atoms with E-state index in [4.69, 9.17) is 19.8 Å². The number of aromatic nitrogens is 1. The summed E-state index contributed by atoms with van der Waals surface area (Å²) in [4.78, 5) is 37.1. The van der Waals surface area contributed by atoms with Gasteiger partial charge in [-0.05, 0) is 29.7 Å².